The average molecular weight is 329 g/mol. The molecule has 4 nitrogen and oxygen atoms in total. The second-order valence-electron chi connectivity index (χ2n) is 7.38. The van der Waals surface area contributed by atoms with Crippen LogP contribution in [-0.4, -0.2) is 54.5 Å². The minimum Gasteiger partial charge on any atom is -0.352 e. The minimum absolute atomic E-state index is 0.217. The SMILES string of the molecule is Cc1ccccc1CN1CCCN(CC(=O)NC2CCCC2)CC1. The summed E-state index contributed by atoms with van der Waals surface area (Å²) >= 11 is 0. The van der Waals surface area contributed by atoms with E-state index in [1.54, 1.807) is 0 Å². The molecule has 0 aromatic heterocycles. The van der Waals surface area contributed by atoms with Gasteiger partial charge in [0.2, 0.25) is 5.91 Å². The Kier molecular flexibility index (Phi) is 6.27. The Labute approximate surface area is 146 Å². The van der Waals surface area contributed by atoms with E-state index in [-0.39, 0.29) is 5.91 Å². The Morgan fingerprint density at radius 2 is 1.75 bits per heavy atom. The number of benzene rings is 1. The smallest absolute Gasteiger partial charge is 0.234 e. The zero-order chi connectivity index (χ0) is 16.8. The second kappa shape index (κ2) is 8.63. The molecule has 132 valence electrons. The summed E-state index contributed by atoms with van der Waals surface area (Å²) in [5, 5.41) is 3.21. The van der Waals surface area contributed by atoms with E-state index in [0.29, 0.717) is 12.6 Å². The van der Waals surface area contributed by atoms with Gasteiger partial charge in [0, 0.05) is 25.7 Å². The fourth-order valence-electron chi connectivity index (χ4n) is 3.92. The van der Waals surface area contributed by atoms with Crippen molar-refractivity contribution in [3.05, 3.63) is 35.4 Å². The summed E-state index contributed by atoms with van der Waals surface area (Å²) in [5.74, 6) is 0.217. The normalized spacial score (nSPS) is 20.9. The monoisotopic (exact) mass is 329 g/mol. The topological polar surface area (TPSA) is 35.6 Å². The van der Waals surface area contributed by atoms with Gasteiger partial charge in [-0.3, -0.25) is 14.6 Å². The number of rotatable bonds is 5. The van der Waals surface area contributed by atoms with Crippen molar-refractivity contribution < 1.29 is 4.79 Å². The highest BCUT2D eigenvalue weighted by Gasteiger charge is 2.20. The molecule has 0 unspecified atom stereocenters. The third-order valence-corrected chi connectivity index (χ3v) is 5.42. The van der Waals surface area contributed by atoms with Crippen LogP contribution in [0.3, 0.4) is 0 Å². The summed E-state index contributed by atoms with van der Waals surface area (Å²) in [6.07, 6.45) is 6.00. The lowest BCUT2D eigenvalue weighted by Gasteiger charge is -2.22. The molecule has 1 aliphatic carbocycles. The number of aryl methyl sites for hydroxylation is 1. The van der Waals surface area contributed by atoms with E-state index in [2.05, 4.69) is 46.3 Å². The number of amides is 1. The molecule has 1 amide bonds. The lowest BCUT2D eigenvalue weighted by Crippen LogP contribution is -2.42. The van der Waals surface area contributed by atoms with Gasteiger partial charge in [-0.2, -0.15) is 0 Å². The summed E-state index contributed by atoms with van der Waals surface area (Å²) in [5.41, 5.74) is 2.79. The first kappa shape index (κ1) is 17.4. The zero-order valence-corrected chi connectivity index (χ0v) is 15.0. The van der Waals surface area contributed by atoms with Crippen molar-refractivity contribution >= 4 is 5.91 Å². The first-order valence-corrected chi connectivity index (χ1v) is 9.49. The Morgan fingerprint density at radius 1 is 1.04 bits per heavy atom. The summed E-state index contributed by atoms with van der Waals surface area (Å²) in [6, 6.07) is 9.08. The van der Waals surface area contributed by atoms with Crippen LogP contribution < -0.4 is 5.32 Å². The van der Waals surface area contributed by atoms with Crippen LogP contribution in [0.4, 0.5) is 0 Å². The number of nitrogens with one attached hydrogen (secondary N) is 1. The maximum atomic E-state index is 12.2. The standard InChI is InChI=1S/C20H31N3O/c1-17-7-2-3-8-18(17)15-22-11-6-12-23(14-13-22)16-20(24)21-19-9-4-5-10-19/h2-3,7-8,19H,4-6,9-16H2,1H3,(H,21,24). The number of hydrogen-bond donors (Lipinski definition) is 1. The van der Waals surface area contributed by atoms with E-state index < -0.39 is 0 Å². The Balaban J connectivity index is 1.44. The van der Waals surface area contributed by atoms with E-state index in [9.17, 15) is 4.79 Å². The summed E-state index contributed by atoms with van der Waals surface area (Å²) < 4.78 is 0. The van der Waals surface area contributed by atoms with Crippen LogP contribution in [0, 0.1) is 6.92 Å². The van der Waals surface area contributed by atoms with Gasteiger partial charge in [0.15, 0.2) is 0 Å². The van der Waals surface area contributed by atoms with Gasteiger partial charge in [-0.05, 0) is 50.4 Å². The molecule has 0 spiro atoms. The van der Waals surface area contributed by atoms with Crippen LogP contribution in [-0.2, 0) is 11.3 Å². The van der Waals surface area contributed by atoms with Crippen LogP contribution in [0.1, 0.15) is 43.2 Å². The maximum Gasteiger partial charge on any atom is 0.234 e. The highest BCUT2D eigenvalue weighted by molar-refractivity contribution is 5.78. The molecule has 1 saturated carbocycles. The van der Waals surface area contributed by atoms with Gasteiger partial charge in [-0.1, -0.05) is 37.1 Å². The molecular formula is C20H31N3O. The fraction of sp³-hybridized carbons (Fsp3) is 0.650. The molecule has 1 heterocycles. The van der Waals surface area contributed by atoms with Crippen LogP contribution in [0.25, 0.3) is 0 Å². The van der Waals surface area contributed by atoms with E-state index >= 15 is 0 Å². The van der Waals surface area contributed by atoms with Crippen molar-refractivity contribution in [2.45, 2.75) is 51.6 Å². The third-order valence-electron chi connectivity index (χ3n) is 5.42. The van der Waals surface area contributed by atoms with Crippen molar-refractivity contribution in [2.75, 3.05) is 32.7 Å². The molecule has 4 heteroatoms. The molecule has 0 atom stereocenters. The molecule has 1 saturated heterocycles. The number of nitrogens with zero attached hydrogens (tertiary/aromatic N) is 2. The molecular weight excluding hydrogens is 298 g/mol. The van der Waals surface area contributed by atoms with Gasteiger partial charge in [0.25, 0.3) is 0 Å². The highest BCUT2D eigenvalue weighted by Crippen LogP contribution is 2.17. The molecule has 1 aromatic carbocycles. The predicted molar refractivity (Wildman–Crippen MR) is 97.9 cm³/mol. The van der Waals surface area contributed by atoms with Crippen molar-refractivity contribution in [2.24, 2.45) is 0 Å². The van der Waals surface area contributed by atoms with Gasteiger partial charge in [0.1, 0.15) is 0 Å². The van der Waals surface area contributed by atoms with Crippen molar-refractivity contribution in [1.29, 1.82) is 0 Å². The van der Waals surface area contributed by atoms with Crippen molar-refractivity contribution in [1.82, 2.24) is 15.1 Å². The highest BCUT2D eigenvalue weighted by atomic mass is 16.2. The van der Waals surface area contributed by atoms with E-state index in [1.165, 1.54) is 24.0 Å². The van der Waals surface area contributed by atoms with Crippen molar-refractivity contribution in [3.8, 4) is 0 Å². The lowest BCUT2D eigenvalue weighted by molar-refractivity contribution is -0.122. The molecule has 1 aliphatic heterocycles. The molecule has 2 fully saturated rings. The molecule has 24 heavy (non-hydrogen) atoms. The summed E-state index contributed by atoms with van der Waals surface area (Å²) in [7, 11) is 0. The number of carbonyl (C=O) groups excluding carboxylic acids is 1. The first-order valence-electron chi connectivity index (χ1n) is 9.49. The van der Waals surface area contributed by atoms with E-state index in [0.717, 1.165) is 52.0 Å². The van der Waals surface area contributed by atoms with E-state index in [1.807, 2.05) is 0 Å². The lowest BCUT2D eigenvalue weighted by atomic mass is 10.1. The molecule has 3 rings (SSSR count). The zero-order valence-electron chi connectivity index (χ0n) is 15.0. The van der Waals surface area contributed by atoms with Gasteiger partial charge < -0.3 is 5.32 Å². The summed E-state index contributed by atoms with van der Waals surface area (Å²) in [6.45, 7) is 7.96. The van der Waals surface area contributed by atoms with Gasteiger partial charge in [-0.15, -0.1) is 0 Å². The van der Waals surface area contributed by atoms with Crippen LogP contribution in [0.5, 0.6) is 0 Å². The maximum absolute atomic E-state index is 12.2. The van der Waals surface area contributed by atoms with E-state index in [4.69, 9.17) is 0 Å². The van der Waals surface area contributed by atoms with Crippen LogP contribution in [0.15, 0.2) is 24.3 Å². The molecule has 0 radical (unpaired) electrons. The molecule has 0 bridgehead atoms. The number of hydrogen-bond acceptors (Lipinski definition) is 3. The minimum atomic E-state index is 0.217. The molecule has 1 aromatic rings. The van der Waals surface area contributed by atoms with Gasteiger partial charge in [0.05, 0.1) is 6.54 Å². The first-order chi connectivity index (χ1) is 11.7. The van der Waals surface area contributed by atoms with Crippen LogP contribution in [0.2, 0.25) is 0 Å². The average Bonchev–Trinajstić information content (AvgIpc) is 2.97. The second-order valence-corrected chi connectivity index (χ2v) is 7.38. The quantitative estimate of drug-likeness (QED) is 0.902. The molecule has 1 N–H and O–H groups in total. The predicted octanol–water partition coefficient (Wildman–Crippen LogP) is 2.56. The Bertz CT molecular complexity index is 539. The number of carbonyl (C=O) groups is 1. The Morgan fingerprint density at radius 3 is 2.54 bits per heavy atom. The third kappa shape index (κ3) is 5.05. The van der Waals surface area contributed by atoms with Crippen LogP contribution >= 0.6 is 0 Å². The largest absolute Gasteiger partial charge is 0.352 e. The van der Waals surface area contributed by atoms with Crippen molar-refractivity contribution in [3.63, 3.8) is 0 Å². The fourth-order valence-corrected chi connectivity index (χ4v) is 3.92. The molecule has 2 aliphatic rings. The van der Waals surface area contributed by atoms with Gasteiger partial charge in [-0.25, -0.2) is 0 Å². The summed E-state index contributed by atoms with van der Waals surface area (Å²) in [4.78, 5) is 17.1. The van der Waals surface area contributed by atoms with Gasteiger partial charge >= 0.3 is 0 Å². The Hall–Kier alpha value is -1.39.